The summed E-state index contributed by atoms with van der Waals surface area (Å²) in [6, 6.07) is 0. The lowest BCUT2D eigenvalue weighted by atomic mass is 10.3. The number of hydrogen-bond acceptors (Lipinski definition) is 4. The molecule has 0 amide bonds. The van der Waals surface area contributed by atoms with E-state index in [1.54, 1.807) is 0 Å². The molecule has 80 valence electrons. The first kappa shape index (κ1) is 13.0. The third-order valence-electron chi connectivity index (χ3n) is 1.34. The minimum atomic E-state index is -4.52. The Hall–Kier alpha value is 0.0200. The largest absolute Gasteiger partial charge is 0.397 e. The van der Waals surface area contributed by atoms with Crippen LogP contribution >= 0.6 is 7.60 Å². The van der Waals surface area contributed by atoms with Crippen molar-refractivity contribution in [3.8, 4) is 0 Å². The van der Waals surface area contributed by atoms with Crippen LogP contribution in [0.5, 0.6) is 0 Å². The quantitative estimate of drug-likeness (QED) is 0.443. The van der Waals surface area contributed by atoms with E-state index in [-0.39, 0.29) is 6.42 Å². The normalized spacial score (nSPS) is 15.7. The average molecular weight is 234 g/mol. The zero-order chi connectivity index (χ0) is 10.7. The zero-order valence-electron chi connectivity index (χ0n) is 6.82. The first-order chi connectivity index (χ1) is 5.63. The Labute approximate surface area is 75.8 Å². The highest BCUT2D eigenvalue weighted by Gasteiger charge is 2.23. The molecule has 0 aromatic carbocycles. The number of hydrogen-bond donors (Lipinski definition) is 3. The zero-order valence-corrected chi connectivity index (χ0v) is 8.53. The lowest BCUT2D eigenvalue weighted by molar-refractivity contribution is 0.258. The predicted molar refractivity (Wildman–Crippen MR) is 43.6 cm³/mol. The van der Waals surface area contributed by atoms with E-state index in [0.29, 0.717) is 0 Å². The van der Waals surface area contributed by atoms with Crippen LogP contribution in [0.15, 0.2) is 0 Å². The van der Waals surface area contributed by atoms with Gasteiger partial charge in [0, 0.05) is 0 Å². The molecule has 0 aliphatic rings. The van der Waals surface area contributed by atoms with Crippen molar-refractivity contribution in [2.24, 2.45) is 0 Å². The van der Waals surface area contributed by atoms with Gasteiger partial charge >= 0.3 is 18.0 Å². The first-order valence-corrected chi connectivity index (χ1v) is 6.34. The lowest BCUT2D eigenvalue weighted by Crippen LogP contribution is -2.11. The molecule has 0 bridgehead atoms. The molecule has 0 aliphatic carbocycles. The molecule has 3 N–H and O–H groups in total. The van der Waals surface area contributed by atoms with Gasteiger partial charge in [-0.05, 0) is 6.42 Å². The highest BCUT2D eigenvalue weighted by molar-refractivity contribution is 7.80. The summed E-state index contributed by atoms with van der Waals surface area (Å²) in [7, 11) is -8.71. The summed E-state index contributed by atoms with van der Waals surface area (Å²) in [5, 5.41) is 0. The van der Waals surface area contributed by atoms with Gasteiger partial charge in [0.1, 0.15) is 0 Å². The minimum absolute atomic E-state index is 0.149. The van der Waals surface area contributed by atoms with Gasteiger partial charge < -0.3 is 9.79 Å². The van der Waals surface area contributed by atoms with Crippen molar-refractivity contribution in [2.75, 3.05) is 6.61 Å². The molecule has 0 heterocycles. The summed E-state index contributed by atoms with van der Waals surface area (Å²) >= 11 is 0. The van der Waals surface area contributed by atoms with Gasteiger partial charge in [-0.1, -0.05) is 6.92 Å². The van der Waals surface area contributed by atoms with E-state index in [1.807, 2.05) is 0 Å². The van der Waals surface area contributed by atoms with Gasteiger partial charge in [0.25, 0.3) is 0 Å². The topological polar surface area (TPSA) is 121 Å². The molecule has 0 aliphatic heterocycles. The molecule has 1 atom stereocenters. The first-order valence-electron chi connectivity index (χ1n) is 3.30. The van der Waals surface area contributed by atoms with Crippen molar-refractivity contribution in [1.29, 1.82) is 0 Å². The maximum Gasteiger partial charge on any atom is 0.397 e. The molecule has 9 heteroatoms. The molecule has 0 aromatic rings. The van der Waals surface area contributed by atoms with Crippen LogP contribution < -0.4 is 0 Å². The monoisotopic (exact) mass is 234 g/mol. The van der Waals surface area contributed by atoms with E-state index in [1.165, 1.54) is 6.92 Å². The van der Waals surface area contributed by atoms with Crippen LogP contribution in [0.1, 0.15) is 13.3 Å². The predicted octanol–water partition coefficient (Wildman–Crippen LogP) is -0.238. The molecule has 0 spiro atoms. The maximum atomic E-state index is 10.5. The van der Waals surface area contributed by atoms with E-state index >= 15 is 0 Å². The molecule has 0 saturated carbocycles. The maximum absolute atomic E-state index is 10.5. The van der Waals surface area contributed by atoms with Gasteiger partial charge in [0.15, 0.2) is 0 Å². The molecule has 13 heavy (non-hydrogen) atoms. The molecular weight excluding hydrogens is 223 g/mol. The fraction of sp³-hybridized carbons (Fsp3) is 1.00. The Kier molecular flexibility index (Phi) is 4.50. The van der Waals surface area contributed by atoms with Crippen molar-refractivity contribution in [3.63, 3.8) is 0 Å². The highest BCUT2D eigenvalue weighted by atomic mass is 32.3. The molecule has 7 nitrogen and oxygen atoms in total. The molecule has 0 radical (unpaired) electrons. The molecule has 1 unspecified atom stereocenters. The van der Waals surface area contributed by atoms with Gasteiger partial charge in [0.2, 0.25) is 0 Å². The smallest absolute Gasteiger partial charge is 0.324 e. The Bertz CT molecular complexity index is 290. The lowest BCUT2D eigenvalue weighted by Gasteiger charge is -2.11. The van der Waals surface area contributed by atoms with E-state index in [0.717, 1.165) is 0 Å². The van der Waals surface area contributed by atoms with Crippen LogP contribution in [0.4, 0.5) is 0 Å². The Morgan fingerprint density at radius 3 is 2.23 bits per heavy atom. The van der Waals surface area contributed by atoms with Crippen LogP contribution in [-0.4, -0.2) is 35.0 Å². The van der Waals surface area contributed by atoms with Gasteiger partial charge in [-0.3, -0.25) is 9.12 Å². The van der Waals surface area contributed by atoms with Crippen molar-refractivity contribution in [2.45, 2.75) is 19.0 Å². The van der Waals surface area contributed by atoms with Crippen molar-refractivity contribution in [3.05, 3.63) is 0 Å². The second-order valence-corrected chi connectivity index (χ2v) is 5.63. The van der Waals surface area contributed by atoms with E-state index in [9.17, 15) is 13.0 Å². The van der Waals surface area contributed by atoms with Crippen LogP contribution in [0.2, 0.25) is 0 Å². The summed E-state index contributed by atoms with van der Waals surface area (Å²) in [6.45, 7) is 0.805. The number of rotatable bonds is 5. The molecule has 0 fully saturated rings. The fourth-order valence-corrected chi connectivity index (χ4v) is 1.24. The second kappa shape index (κ2) is 4.50. The standard InChI is InChI=1S/C4H11O7PS/c1-4(12(5,6)7)2-3-11-13(8,9)10/h4H,2-3H2,1H3,(H2,5,6,7)(H,8,9,10). The van der Waals surface area contributed by atoms with Gasteiger partial charge in [0.05, 0.1) is 12.3 Å². The Morgan fingerprint density at radius 1 is 1.46 bits per heavy atom. The van der Waals surface area contributed by atoms with Crippen molar-refractivity contribution in [1.82, 2.24) is 0 Å². The summed E-state index contributed by atoms with van der Waals surface area (Å²) in [6.07, 6.45) is -0.149. The van der Waals surface area contributed by atoms with Crippen LogP contribution in [0, 0.1) is 0 Å². The fourth-order valence-electron chi connectivity index (χ4n) is 0.492. The van der Waals surface area contributed by atoms with Gasteiger partial charge in [-0.25, -0.2) is 4.18 Å². The highest BCUT2D eigenvalue weighted by Crippen LogP contribution is 2.42. The van der Waals surface area contributed by atoms with Crippen molar-refractivity contribution < 1.29 is 31.5 Å². The molecule has 0 saturated heterocycles. The molecule has 0 rings (SSSR count). The van der Waals surface area contributed by atoms with Crippen LogP contribution in [0.25, 0.3) is 0 Å². The van der Waals surface area contributed by atoms with Crippen LogP contribution in [-0.2, 0) is 19.1 Å². The van der Waals surface area contributed by atoms with Crippen molar-refractivity contribution >= 4 is 18.0 Å². The summed E-state index contributed by atoms with van der Waals surface area (Å²) in [4.78, 5) is 17.1. The summed E-state index contributed by atoms with van der Waals surface area (Å²) < 4.78 is 42.5. The minimum Gasteiger partial charge on any atom is -0.324 e. The Morgan fingerprint density at radius 2 is 1.92 bits per heavy atom. The van der Waals surface area contributed by atoms with E-state index in [2.05, 4.69) is 4.18 Å². The molecular formula is C4H11O7PS. The third-order valence-corrected chi connectivity index (χ3v) is 3.21. The molecule has 0 aromatic heterocycles. The SMILES string of the molecule is CC(CCOS(=O)(=O)O)P(=O)(O)O. The average Bonchev–Trinajstić information content (AvgIpc) is 1.82. The van der Waals surface area contributed by atoms with Gasteiger partial charge in [-0.2, -0.15) is 8.42 Å². The van der Waals surface area contributed by atoms with Crippen LogP contribution in [0.3, 0.4) is 0 Å². The van der Waals surface area contributed by atoms with Gasteiger partial charge in [-0.15, -0.1) is 0 Å². The summed E-state index contributed by atoms with van der Waals surface area (Å²) in [5.74, 6) is 0. The third kappa shape index (κ3) is 7.12. The Balaban J connectivity index is 3.87. The summed E-state index contributed by atoms with van der Waals surface area (Å²) in [5.41, 5.74) is -0.991. The van der Waals surface area contributed by atoms with E-state index < -0.39 is 30.3 Å². The second-order valence-electron chi connectivity index (χ2n) is 2.48. The van der Waals surface area contributed by atoms with E-state index in [4.69, 9.17) is 14.3 Å².